The summed E-state index contributed by atoms with van der Waals surface area (Å²) in [4.78, 5) is 34.7. The lowest BCUT2D eigenvalue weighted by molar-refractivity contribution is 0.0998. The molecule has 3 heterocycles. The number of amides is 1. The third-order valence-electron chi connectivity index (χ3n) is 4.70. The molecule has 0 aliphatic carbocycles. The molecular weight excluding hydrogens is 370 g/mol. The number of carbonyl (C=O) groups excluding carboxylic acids is 2. The SMILES string of the molecule is Cc1cc(C(=O)c2c[nH]c3ncc(-c4cccc(C(=O)N=[N+]=[N-])c4)cc23)nn1C. The topological polar surface area (TPSA) is 129 Å². The normalized spacial score (nSPS) is 10.7. The van der Waals surface area contributed by atoms with Gasteiger partial charge in [0, 0.05) is 46.6 Å². The van der Waals surface area contributed by atoms with Crippen molar-refractivity contribution in [3.63, 3.8) is 0 Å². The largest absolute Gasteiger partial charge is 0.345 e. The first-order valence-corrected chi connectivity index (χ1v) is 8.70. The standard InChI is InChI=1S/C20H15N7O2/c1-11-6-17(25-27(11)2)18(28)16-10-23-19-15(16)8-14(9-22-19)12-4-3-5-13(7-12)20(29)24-26-21/h3-10H,1-2H3,(H,22,23). The second-order valence-corrected chi connectivity index (χ2v) is 6.52. The molecule has 0 radical (unpaired) electrons. The zero-order chi connectivity index (χ0) is 20.5. The summed E-state index contributed by atoms with van der Waals surface area (Å²) in [7, 11) is 1.78. The third kappa shape index (κ3) is 3.26. The molecule has 9 nitrogen and oxygen atoms in total. The van der Waals surface area contributed by atoms with Crippen molar-refractivity contribution >= 4 is 22.7 Å². The minimum Gasteiger partial charge on any atom is -0.345 e. The van der Waals surface area contributed by atoms with Gasteiger partial charge in [0.2, 0.25) is 11.7 Å². The molecule has 4 aromatic rings. The summed E-state index contributed by atoms with van der Waals surface area (Å²) < 4.78 is 1.65. The third-order valence-corrected chi connectivity index (χ3v) is 4.70. The Morgan fingerprint density at radius 2 is 2.03 bits per heavy atom. The van der Waals surface area contributed by atoms with Crippen LogP contribution in [0.3, 0.4) is 0 Å². The average Bonchev–Trinajstić information content (AvgIpc) is 3.30. The minimum absolute atomic E-state index is 0.203. The zero-order valence-corrected chi connectivity index (χ0v) is 15.6. The van der Waals surface area contributed by atoms with E-state index in [4.69, 9.17) is 5.53 Å². The summed E-state index contributed by atoms with van der Waals surface area (Å²) in [5.74, 6) is -0.863. The fraction of sp³-hybridized carbons (Fsp3) is 0.100. The van der Waals surface area contributed by atoms with Crippen molar-refractivity contribution in [2.75, 3.05) is 0 Å². The molecule has 0 fully saturated rings. The van der Waals surface area contributed by atoms with Crippen molar-refractivity contribution in [3.05, 3.63) is 81.7 Å². The monoisotopic (exact) mass is 385 g/mol. The molecule has 1 amide bonds. The number of aryl methyl sites for hydroxylation is 2. The Hall–Kier alpha value is -4.23. The lowest BCUT2D eigenvalue weighted by atomic mass is 10.0. The Labute approximate surface area is 164 Å². The van der Waals surface area contributed by atoms with Crippen LogP contribution in [0, 0.1) is 6.92 Å². The predicted molar refractivity (Wildman–Crippen MR) is 106 cm³/mol. The smallest absolute Gasteiger partial charge is 0.249 e. The summed E-state index contributed by atoms with van der Waals surface area (Å²) >= 11 is 0. The Kier molecular flexibility index (Phi) is 4.42. The molecule has 0 aliphatic heterocycles. The second kappa shape index (κ2) is 7.06. The first-order chi connectivity index (χ1) is 14.0. The number of aromatic amines is 1. The number of H-pyrrole nitrogens is 1. The van der Waals surface area contributed by atoms with Gasteiger partial charge in [0.05, 0.1) is 5.56 Å². The Bertz CT molecular complexity index is 1310. The van der Waals surface area contributed by atoms with Crippen molar-refractivity contribution in [3.8, 4) is 11.1 Å². The molecule has 0 saturated carbocycles. The van der Waals surface area contributed by atoms with E-state index in [1.165, 1.54) is 0 Å². The summed E-state index contributed by atoms with van der Waals surface area (Å²) in [6.07, 6.45) is 3.27. The van der Waals surface area contributed by atoms with Gasteiger partial charge in [-0.2, -0.15) is 5.10 Å². The number of fused-ring (bicyclic) bond motifs is 1. The van der Waals surface area contributed by atoms with Crippen LogP contribution in [-0.2, 0) is 7.05 Å². The number of nitrogens with zero attached hydrogens (tertiary/aromatic N) is 6. The number of pyridine rings is 1. The molecular formula is C20H15N7O2. The fourth-order valence-corrected chi connectivity index (χ4v) is 3.09. The van der Waals surface area contributed by atoms with Crippen LogP contribution in [0.15, 0.2) is 53.9 Å². The number of carbonyl (C=O) groups is 2. The molecule has 0 spiro atoms. The lowest BCUT2D eigenvalue weighted by Gasteiger charge is -2.04. The number of aromatic nitrogens is 4. The van der Waals surface area contributed by atoms with E-state index in [-0.39, 0.29) is 11.3 Å². The Morgan fingerprint density at radius 3 is 2.76 bits per heavy atom. The summed E-state index contributed by atoms with van der Waals surface area (Å²) in [6, 6.07) is 10.3. The second-order valence-electron chi connectivity index (χ2n) is 6.52. The summed E-state index contributed by atoms with van der Waals surface area (Å²) in [6.45, 7) is 1.88. The van der Waals surface area contributed by atoms with Crippen LogP contribution in [0.25, 0.3) is 32.6 Å². The van der Waals surface area contributed by atoms with Crippen molar-refractivity contribution in [2.45, 2.75) is 6.92 Å². The van der Waals surface area contributed by atoms with Gasteiger partial charge < -0.3 is 4.98 Å². The number of rotatable bonds is 4. The highest BCUT2D eigenvalue weighted by atomic mass is 16.1. The van der Waals surface area contributed by atoms with Crippen LogP contribution in [0.1, 0.15) is 32.1 Å². The average molecular weight is 385 g/mol. The maximum atomic E-state index is 12.9. The maximum absolute atomic E-state index is 12.9. The van der Waals surface area contributed by atoms with E-state index in [0.717, 1.165) is 11.3 Å². The first-order valence-electron chi connectivity index (χ1n) is 8.70. The highest BCUT2D eigenvalue weighted by molar-refractivity contribution is 6.15. The van der Waals surface area contributed by atoms with E-state index in [1.807, 2.05) is 19.1 Å². The Morgan fingerprint density at radius 1 is 1.21 bits per heavy atom. The van der Waals surface area contributed by atoms with Gasteiger partial charge in [-0.25, -0.2) is 4.98 Å². The number of azide groups is 1. The van der Waals surface area contributed by atoms with E-state index in [9.17, 15) is 9.59 Å². The molecule has 0 bridgehead atoms. The zero-order valence-electron chi connectivity index (χ0n) is 15.6. The van der Waals surface area contributed by atoms with Gasteiger partial charge in [0.1, 0.15) is 11.3 Å². The molecule has 1 N–H and O–H groups in total. The molecule has 142 valence electrons. The summed E-state index contributed by atoms with van der Waals surface area (Å²) in [5, 5.41) is 8.03. The molecule has 0 atom stereocenters. The van der Waals surface area contributed by atoms with Crippen molar-refractivity contribution in [1.29, 1.82) is 0 Å². The molecule has 0 unspecified atom stereocenters. The number of ketones is 1. The van der Waals surface area contributed by atoms with Crippen LogP contribution in [0.2, 0.25) is 0 Å². The van der Waals surface area contributed by atoms with Crippen molar-refractivity contribution in [2.24, 2.45) is 12.2 Å². The van der Waals surface area contributed by atoms with Gasteiger partial charge >= 0.3 is 0 Å². The highest BCUT2D eigenvalue weighted by Crippen LogP contribution is 2.27. The molecule has 0 saturated heterocycles. The van der Waals surface area contributed by atoms with E-state index >= 15 is 0 Å². The molecule has 4 rings (SSSR count). The van der Waals surface area contributed by atoms with Crippen LogP contribution in [0.5, 0.6) is 0 Å². The van der Waals surface area contributed by atoms with Gasteiger partial charge in [0.15, 0.2) is 0 Å². The van der Waals surface area contributed by atoms with Crippen molar-refractivity contribution < 1.29 is 9.59 Å². The van der Waals surface area contributed by atoms with E-state index in [1.54, 1.807) is 48.4 Å². The van der Waals surface area contributed by atoms with Gasteiger partial charge in [-0.3, -0.25) is 14.3 Å². The van der Waals surface area contributed by atoms with E-state index in [0.29, 0.717) is 27.9 Å². The van der Waals surface area contributed by atoms with Crippen LogP contribution in [-0.4, -0.2) is 31.4 Å². The quantitative estimate of drug-likeness (QED) is 0.247. The summed E-state index contributed by atoms with van der Waals surface area (Å²) in [5.41, 5.74) is 12.5. The first kappa shape index (κ1) is 18.1. The molecule has 1 aromatic carbocycles. The Balaban J connectivity index is 1.78. The van der Waals surface area contributed by atoms with Crippen molar-refractivity contribution in [1.82, 2.24) is 19.7 Å². The number of benzene rings is 1. The number of hydrogen-bond acceptors (Lipinski definition) is 4. The van der Waals surface area contributed by atoms with E-state index in [2.05, 4.69) is 25.1 Å². The molecule has 29 heavy (non-hydrogen) atoms. The minimum atomic E-state index is -0.661. The van der Waals surface area contributed by atoms with E-state index < -0.39 is 5.91 Å². The number of hydrogen-bond donors (Lipinski definition) is 1. The van der Waals surface area contributed by atoms with Gasteiger partial charge in [-0.1, -0.05) is 18.2 Å². The van der Waals surface area contributed by atoms with Crippen LogP contribution in [0.4, 0.5) is 0 Å². The molecule has 9 heteroatoms. The molecule has 0 aliphatic rings. The molecule has 3 aromatic heterocycles. The highest BCUT2D eigenvalue weighted by Gasteiger charge is 2.18. The number of nitrogens with one attached hydrogen (secondary N) is 1. The maximum Gasteiger partial charge on any atom is 0.249 e. The van der Waals surface area contributed by atoms with Gasteiger partial charge in [0.25, 0.3) is 0 Å². The van der Waals surface area contributed by atoms with Crippen LogP contribution < -0.4 is 0 Å². The van der Waals surface area contributed by atoms with Gasteiger partial charge in [-0.05, 0) is 41.3 Å². The van der Waals surface area contributed by atoms with Crippen LogP contribution >= 0.6 is 0 Å². The lowest BCUT2D eigenvalue weighted by Crippen LogP contribution is -2.03. The fourth-order valence-electron chi connectivity index (χ4n) is 3.09. The van der Waals surface area contributed by atoms with Gasteiger partial charge in [-0.15, -0.1) is 0 Å². The predicted octanol–water partition coefficient (Wildman–Crippen LogP) is 3.95.